The molecule has 0 radical (unpaired) electrons. The largest absolute Gasteiger partial charge is 0.508 e. The Hall–Kier alpha value is -5.11. The number of fused-ring (bicyclic) bond motifs is 3. The molecule has 8 heteroatoms. The van der Waals surface area contributed by atoms with E-state index in [9.17, 15) is 15.0 Å². The average Bonchev–Trinajstić information content (AvgIpc) is 3.39. The molecule has 0 saturated heterocycles. The maximum absolute atomic E-state index is 13.0. The summed E-state index contributed by atoms with van der Waals surface area (Å²) in [4.78, 5) is 25.1. The number of carbonyl (C=O) groups excluding carboxylic acids is 1. The number of rotatable bonds is 9. The minimum absolute atomic E-state index is 0.0181. The van der Waals surface area contributed by atoms with Crippen LogP contribution in [0.1, 0.15) is 59.3 Å². The number of aromatic hydroxyl groups is 2. The minimum atomic E-state index is -0.364. The van der Waals surface area contributed by atoms with Crippen LogP contribution in [-0.2, 0) is 13.1 Å². The molecular formula is C35H35N5O3. The van der Waals surface area contributed by atoms with E-state index in [-0.39, 0.29) is 35.1 Å². The van der Waals surface area contributed by atoms with Crippen LogP contribution in [0.2, 0.25) is 0 Å². The Bertz CT molecular complexity index is 1700. The molecule has 0 fully saturated rings. The highest BCUT2D eigenvalue weighted by molar-refractivity contribution is 5.99. The van der Waals surface area contributed by atoms with Crippen molar-refractivity contribution in [3.05, 3.63) is 113 Å². The van der Waals surface area contributed by atoms with E-state index in [0.717, 1.165) is 58.6 Å². The molecule has 5 N–H and O–H groups in total. The predicted molar refractivity (Wildman–Crippen MR) is 170 cm³/mol. The van der Waals surface area contributed by atoms with Crippen LogP contribution in [0.5, 0.6) is 11.5 Å². The van der Waals surface area contributed by atoms with E-state index in [1.807, 2.05) is 30.3 Å². The van der Waals surface area contributed by atoms with E-state index in [1.165, 1.54) is 6.07 Å². The van der Waals surface area contributed by atoms with Gasteiger partial charge in [-0.3, -0.25) is 9.79 Å². The van der Waals surface area contributed by atoms with E-state index < -0.39 is 0 Å². The average molecular weight is 574 g/mol. The zero-order valence-electron chi connectivity index (χ0n) is 24.1. The van der Waals surface area contributed by atoms with Crippen molar-refractivity contribution in [2.75, 3.05) is 0 Å². The molecule has 43 heavy (non-hydrogen) atoms. The molecule has 0 saturated carbocycles. The van der Waals surface area contributed by atoms with Gasteiger partial charge >= 0.3 is 0 Å². The number of hydrogen-bond acceptors (Lipinski definition) is 7. The van der Waals surface area contributed by atoms with Crippen molar-refractivity contribution < 1.29 is 15.0 Å². The number of amidine groups is 2. The number of nitrogens with zero attached hydrogens (tertiary/aromatic N) is 3. The summed E-state index contributed by atoms with van der Waals surface area (Å²) >= 11 is 0. The number of phenols is 2. The summed E-state index contributed by atoms with van der Waals surface area (Å²) < 4.78 is 0. The third-order valence-corrected chi connectivity index (χ3v) is 8.09. The molecule has 4 aromatic rings. The molecule has 0 spiro atoms. The summed E-state index contributed by atoms with van der Waals surface area (Å²) in [6.07, 6.45) is 3.03. The number of hydrogen-bond donors (Lipinski definition) is 4. The number of benzene rings is 4. The van der Waals surface area contributed by atoms with Gasteiger partial charge in [0.2, 0.25) is 0 Å². The Morgan fingerprint density at radius 1 is 0.930 bits per heavy atom. The van der Waals surface area contributed by atoms with Crippen molar-refractivity contribution >= 4 is 23.3 Å². The van der Waals surface area contributed by atoms with Crippen molar-refractivity contribution in [1.29, 1.82) is 0 Å². The highest BCUT2D eigenvalue weighted by Crippen LogP contribution is 2.42. The zero-order valence-corrected chi connectivity index (χ0v) is 24.1. The summed E-state index contributed by atoms with van der Waals surface area (Å²) in [7, 11) is 0. The fraction of sp³-hybridized carbons (Fsp3) is 0.229. The first-order valence-corrected chi connectivity index (χ1v) is 14.7. The Balaban J connectivity index is 1.15. The predicted octanol–water partition coefficient (Wildman–Crippen LogP) is 6.21. The number of amides is 1. The number of carbonyl (C=O) groups is 1. The van der Waals surface area contributed by atoms with Crippen LogP contribution in [-0.4, -0.2) is 38.7 Å². The second kappa shape index (κ2) is 12.0. The lowest BCUT2D eigenvalue weighted by Crippen LogP contribution is -2.39. The summed E-state index contributed by atoms with van der Waals surface area (Å²) in [5, 5.41) is 22.9. The molecular weight excluding hydrogens is 538 g/mol. The molecule has 0 bridgehead atoms. The van der Waals surface area contributed by atoms with Crippen molar-refractivity contribution in [3.63, 3.8) is 0 Å². The van der Waals surface area contributed by atoms with Gasteiger partial charge in [-0.2, -0.15) is 0 Å². The van der Waals surface area contributed by atoms with E-state index in [0.29, 0.717) is 18.9 Å². The van der Waals surface area contributed by atoms with Gasteiger partial charge in [-0.1, -0.05) is 74.0 Å². The Labute approximate surface area is 251 Å². The van der Waals surface area contributed by atoms with Gasteiger partial charge in [0, 0.05) is 25.1 Å². The lowest BCUT2D eigenvalue weighted by atomic mass is 9.93. The van der Waals surface area contributed by atoms with Crippen molar-refractivity contribution in [2.24, 2.45) is 15.7 Å². The van der Waals surface area contributed by atoms with Gasteiger partial charge in [0.25, 0.3) is 5.91 Å². The zero-order chi connectivity index (χ0) is 29.9. The van der Waals surface area contributed by atoms with Gasteiger partial charge in [-0.05, 0) is 59.0 Å². The lowest BCUT2D eigenvalue weighted by Gasteiger charge is -2.33. The summed E-state index contributed by atoms with van der Waals surface area (Å²) in [5.74, 6) is 1.34. The van der Waals surface area contributed by atoms with E-state index in [2.05, 4.69) is 40.3 Å². The molecule has 1 amide bonds. The third kappa shape index (κ3) is 5.81. The van der Waals surface area contributed by atoms with Crippen molar-refractivity contribution in [1.82, 2.24) is 10.2 Å². The number of phenolic OH excluding ortho intramolecular Hbond substituents is 2. The van der Waals surface area contributed by atoms with Crippen molar-refractivity contribution in [2.45, 2.75) is 51.4 Å². The second-order valence-electron chi connectivity index (χ2n) is 11.0. The first-order chi connectivity index (χ1) is 20.9. The van der Waals surface area contributed by atoms with Crippen LogP contribution in [0.3, 0.4) is 0 Å². The third-order valence-electron chi connectivity index (χ3n) is 8.09. The molecule has 4 aromatic carbocycles. The van der Waals surface area contributed by atoms with Gasteiger partial charge in [0.15, 0.2) is 0 Å². The standard InChI is InChI=1S/C35H35N5O3/c1-2-3-8-31-39-32-33(27-6-4-5-7-29(27)38-34(32)36)40(31)21-23-11-9-22(10-12-23)20-37-35(43)28-19-25(15-18-30(28)42)24-13-16-26(41)17-14-24/h4-7,9-19,32-33,41-42H,2-3,8,20-21H2,1H3,(H2,36,38)(H,37,43). The quantitative estimate of drug-likeness (QED) is 0.190. The molecule has 0 aromatic heterocycles. The van der Waals surface area contributed by atoms with Crippen LogP contribution >= 0.6 is 0 Å². The van der Waals surface area contributed by atoms with Crippen LogP contribution in [0.15, 0.2) is 101 Å². The van der Waals surface area contributed by atoms with Crippen LogP contribution < -0.4 is 11.1 Å². The smallest absolute Gasteiger partial charge is 0.255 e. The molecule has 0 aliphatic carbocycles. The second-order valence-corrected chi connectivity index (χ2v) is 11.0. The Morgan fingerprint density at radius 2 is 1.65 bits per heavy atom. The van der Waals surface area contributed by atoms with Crippen LogP contribution in [0, 0.1) is 0 Å². The number of aliphatic imine (C=N–C) groups is 2. The van der Waals surface area contributed by atoms with E-state index in [4.69, 9.17) is 10.7 Å². The highest BCUT2D eigenvalue weighted by Gasteiger charge is 2.42. The topological polar surface area (TPSA) is 124 Å². The molecule has 2 atom stereocenters. The normalized spacial score (nSPS) is 17.1. The van der Waals surface area contributed by atoms with Gasteiger partial charge < -0.3 is 26.2 Å². The van der Waals surface area contributed by atoms with E-state index in [1.54, 1.807) is 36.4 Å². The van der Waals surface area contributed by atoms with Gasteiger partial charge in [-0.25, -0.2) is 4.99 Å². The lowest BCUT2D eigenvalue weighted by molar-refractivity contribution is 0.0948. The SMILES string of the molecule is CCCCC1=NC2C(N)=Nc3ccccc3C2N1Cc1ccc(CNC(=O)c2cc(-c3ccc(O)cc3)ccc2O)cc1. The fourth-order valence-corrected chi connectivity index (χ4v) is 5.77. The van der Waals surface area contributed by atoms with Gasteiger partial charge in [0.05, 0.1) is 17.3 Å². The molecule has 8 nitrogen and oxygen atoms in total. The van der Waals surface area contributed by atoms with Crippen molar-refractivity contribution in [3.8, 4) is 22.6 Å². The number of para-hydroxylation sites is 1. The maximum Gasteiger partial charge on any atom is 0.255 e. The Morgan fingerprint density at radius 3 is 2.42 bits per heavy atom. The molecule has 2 heterocycles. The first kappa shape index (κ1) is 28.0. The summed E-state index contributed by atoms with van der Waals surface area (Å²) in [5.41, 5.74) is 12.3. The summed E-state index contributed by atoms with van der Waals surface area (Å²) in [6.45, 7) is 3.19. The molecule has 6 rings (SSSR count). The number of unbranched alkanes of at least 4 members (excludes halogenated alkanes) is 1. The number of nitrogens with one attached hydrogen (secondary N) is 1. The first-order valence-electron chi connectivity index (χ1n) is 14.7. The number of nitrogens with two attached hydrogens (primary N) is 1. The van der Waals surface area contributed by atoms with Crippen LogP contribution in [0.4, 0.5) is 5.69 Å². The highest BCUT2D eigenvalue weighted by atomic mass is 16.3. The molecule has 218 valence electrons. The minimum Gasteiger partial charge on any atom is -0.508 e. The monoisotopic (exact) mass is 573 g/mol. The van der Waals surface area contributed by atoms with E-state index >= 15 is 0 Å². The maximum atomic E-state index is 13.0. The molecule has 2 aliphatic rings. The summed E-state index contributed by atoms with van der Waals surface area (Å²) in [6, 6.07) is 27.8. The van der Waals surface area contributed by atoms with Gasteiger partial charge in [0.1, 0.15) is 29.2 Å². The molecule has 2 aliphatic heterocycles. The van der Waals surface area contributed by atoms with Crippen LogP contribution in [0.25, 0.3) is 11.1 Å². The fourth-order valence-electron chi connectivity index (χ4n) is 5.77. The Kier molecular flexibility index (Phi) is 7.83. The molecule has 2 unspecified atom stereocenters. The van der Waals surface area contributed by atoms with Gasteiger partial charge in [-0.15, -0.1) is 0 Å².